The van der Waals surface area contributed by atoms with Crippen LogP contribution in [0.25, 0.3) is 0 Å². The van der Waals surface area contributed by atoms with E-state index in [0.29, 0.717) is 18.8 Å². The number of hydrogen-bond donors (Lipinski definition) is 0. The number of piperazine rings is 1. The van der Waals surface area contributed by atoms with E-state index in [9.17, 15) is 9.59 Å². The molecule has 0 unspecified atom stereocenters. The van der Waals surface area contributed by atoms with Crippen molar-refractivity contribution < 1.29 is 14.0 Å². The van der Waals surface area contributed by atoms with Crippen LogP contribution in [0.1, 0.15) is 45.5 Å². The smallest absolute Gasteiger partial charge is 0.274 e. The average Bonchev–Trinajstić information content (AvgIpc) is 3.50. The van der Waals surface area contributed by atoms with E-state index in [1.165, 1.54) is 17.3 Å². The minimum absolute atomic E-state index is 0.0397. The second-order valence-electron chi connectivity index (χ2n) is 9.74. The highest BCUT2D eigenvalue weighted by atomic mass is 16.3. The first kappa shape index (κ1) is 26.3. The number of benzene rings is 2. The monoisotopic (exact) mass is 523 g/mol. The molecule has 1 fully saturated rings. The van der Waals surface area contributed by atoms with Gasteiger partial charge >= 0.3 is 0 Å². The van der Waals surface area contributed by atoms with Crippen LogP contribution in [-0.2, 0) is 11.3 Å². The lowest BCUT2D eigenvalue weighted by Gasteiger charge is -2.40. The van der Waals surface area contributed by atoms with Crippen LogP contribution < -0.4 is 0 Å². The molecule has 0 atom stereocenters. The van der Waals surface area contributed by atoms with Crippen molar-refractivity contribution in [3.63, 3.8) is 0 Å². The molecule has 0 radical (unpaired) electrons. The van der Waals surface area contributed by atoms with Gasteiger partial charge in [0.05, 0.1) is 30.7 Å². The number of rotatable bonds is 9. The number of aromatic nitrogens is 2. The summed E-state index contributed by atoms with van der Waals surface area (Å²) in [6, 6.07) is 24.8. The number of nitrogens with zero attached hydrogens (tertiary/aromatic N) is 5. The second kappa shape index (κ2) is 12.5. The highest BCUT2D eigenvalue weighted by Crippen LogP contribution is 2.29. The molecule has 1 aliphatic rings. The van der Waals surface area contributed by atoms with Crippen molar-refractivity contribution in [1.82, 2.24) is 24.7 Å². The number of amides is 2. The summed E-state index contributed by atoms with van der Waals surface area (Å²) in [7, 11) is 0. The maximum atomic E-state index is 13.2. The van der Waals surface area contributed by atoms with Gasteiger partial charge in [-0.3, -0.25) is 19.5 Å². The molecular weight excluding hydrogens is 490 g/mol. The van der Waals surface area contributed by atoms with Gasteiger partial charge in [0.1, 0.15) is 11.5 Å². The Morgan fingerprint density at radius 3 is 2.10 bits per heavy atom. The Bertz CT molecular complexity index is 1300. The van der Waals surface area contributed by atoms with Gasteiger partial charge in [-0.2, -0.15) is 0 Å². The van der Waals surface area contributed by atoms with E-state index < -0.39 is 0 Å². The lowest BCUT2D eigenvalue weighted by atomic mass is 9.96. The Hall–Kier alpha value is -4.30. The predicted octanol–water partition coefficient (Wildman–Crippen LogP) is 4.34. The van der Waals surface area contributed by atoms with Crippen LogP contribution >= 0.6 is 0 Å². The first-order valence-electron chi connectivity index (χ1n) is 13.3. The number of carbonyl (C=O) groups excluding carboxylic acids is 2. The number of hydrogen-bond acceptors (Lipinski definition) is 6. The Morgan fingerprint density at radius 2 is 1.54 bits per heavy atom. The molecule has 8 heteroatoms. The molecule has 2 amide bonds. The average molecular weight is 524 g/mol. The van der Waals surface area contributed by atoms with Crippen LogP contribution in [0, 0.1) is 6.92 Å². The topological polar surface area (TPSA) is 82.8 Å². The summed E-state index contributed by atoms with van der Waals surface area (Å²) in [6.07, 6.45) is 4.85. The third-order valence-corrected chi connectivity index (χ3v) is 7.07. The zero-order valence-electron chi connectivity index (χ0n) is 22.1. The molecule has 0 N–H and O–H groups in total. The summed E-state index contributed by atoms with van der Waals surface area (Å²) < 4.78 is 5.47. The maximum Gasteiger partial charge on any atom is 0.274 e. The molecular formula is C31H33N5O3. The second-order valence-corrected chi connectivity index (χ2v) is 9.74. The van der Waals surface area contributed by atoms with E-state index in [-0.39, 0.29) is 43.1 Å². The summed E-state index contributed by atoms with van der Waals surface area (Å²) in [4.78, 5) is 40.8. The van der Waals surface area contributed by atoms with Crippen LogP contribution in [-0.4, -0.2) is 69.2 Å². The zero-order chi connectivity index (χ0) is 27.0. The summed E-state index contributed by atoms with van der Waals surface area (Å²) in [5.74, 6) is 0.417. The van der Waals surface area contributed by atoms with Crippen molar-refractivity contribution in [3.05, 3.63) is 120 Å². The molecule has 0 aliphatic carbocycles. The van der Waals surface area contributed by atoms with E-state index in [1.807, 2.05) is 30.0 Å². The zero-order valence-corrected chi connectivity index (χ0v) is 22.1. The molecule has 2 aromatic carbocycles. The summed E-state index contributed by atoms with van der Waals surface area (Å²) in [6.45, 7) is 5.18. The highest BCUT2D eigenvalue weighted by Gasteiger charge is 2.29. The standard InChI is InChI=1S/C31H33N5O3/c1-24-21-33-28(22-32-24)31(38)36(23-27-13-8-20-39-27)15-14-29(37)34-16-18-35(19-17-34)30(25-9-4-2-5-10-25)26-11-6-3-7-12-26/h2-13,20-22,30H,14-19,23H2,1H3. The van der Waals surface area contributed by atoms with Crippen LogP contribution in [0.4, 0.5) is 0 Å². The summed E-state index contributed by atoms with van der Waals surface area (Å²) in [5.41, 5.74) is 3.48. The maximum absolute atomic E-state index is 13.2. The van der Waals surface area contributed by atoms with Crippen molar-refractivity contribution >= 4 is 11.8 Å². The fraction of sp³-hybridized carbons (Fsp3) is 0.290. The van der Waals surface area contributed by atoms with Gasteiger partial charge in [0.25, 0.3) is 5.91 Å². The van der Waals surface area contributed by atoms with E-state index in [2.05, 4.69) is 63.4 Å². The molecule has 3 heterocycles. The molecule has 0 spiro atoms. The quantitative estimate of drug-likeness (QED) is 0.325. The minimum Gasteiger partial charge on any atom is -0.467 e. The summed E-state index contributed by atoms with van der Waals surface area (Å²) >= 11 is 0. The molecule has 2 aromatic heterocycles. The third kappa shape index (κ3) is 6.59. The van der Waals surface area contributed by atoms with Gasteiger partial charge in [0, 0.05) is 45.3 Å². The minimum atomic E-state index is -0.273. The molecule has 8 nitrogen and oxygen atoms in total. The van der Waals surface area contributed by atoms with Crippen molar-refractivity contribution in [1.29, 1.82) is 0 Å². The highest BCUT2D eigenvalue weighted by molar-refractivity contribution is 5.92. The van der Waals surface area contributed by atoms with Crippen molar-refractivity contribution in [2.45, 2.75) is 25.9 Å². The molecule has 0 saturated carbocycles. The Morgan fingerprint density at radius 1 is 0.872 bits per heavy atom. The summed E-state index contributed by atoms with van der Waals surface area (Å²) in [5, 5.41) is 0. The Kier molecular flexibility index (Phi) is 8.43. The normalized spacial score (nSPS) is 13.9. The van der Waals surface area contributed by atoms with Crippen LogP contribution in [0.2, 0.25) is 0 Å². The van der Waals surface area contributed by atoms with E-state index in [0.717, 1.165) is 18.8 Å². The van der Waals surface area contributed by atoms with Crippen molar-refractivity contribution in [2.24, 2.45) is 0 Å². The van der Waals surface area contributed by atoms with E-state index >= 15 is 0 Å². The Labute approximate surface area is 228 Å². The van der Waals surface area contributed by atoms with Gasteiger partial charge < -0.3 is 14.2 Å². The van der Waals surface area contributed by atoms with Gasteiger partial charge in [-0.1, -0.05) is 60.7 Å². The molecule has 39 heavy (non-hydrogen) atoms. The number of furan rings is 1. The first-order chi connectivity index (χ1) is 19.1. The predicted molar refractivity (Wildman–Crippen MR) is 148 cm³/mol. The van der Waals surface area contributed by atoms with Crippen LogP contribution in [0.5, 0.6) is 0 Å². The molecule has 1 aliphatic heterocycles. The Balaban J connectivity index is 1.22. The largest absolute Gasteiger partial charge is 0.467 e. The fourth-order valence-electron chi connectivity index (χ4n) is 5.01. The SMILES string of the molecule is Cc1cnc(C(=O)N(CCC(=O)N2CCN(C(c3ccccc3)c3ccccc3)CC2)Cc2ccco2)cn1. The van der Waals surface area contributed by atoms with Crippen molar-refractivity contribution in [2.75, 3.05) is 32.7 Å². The van der Waals surface area contributed by atoms with Gasteiger partial charge in [-0.25, -0.2) is 4.98 Å². The third-order valence-electron chi connectivity index (χ3n) is 7.07. The molecule has 4 aromatic rings. The lowest BCUT2D eigenvalue weighted by Crippen LogP contribution is -2.50. The molecule has 5 rings (SSSR count). The van der Waals surface area contributed by atoms with Gasteiger partial charge in [0.15, 0.2) is 0 Å². The van der Waals surface area contributed by atoms with E-state index in [1.54, 1.807) is 23.4 Å². The number of carbonyl (C=O) groups is 2. The molecule has 200 valence electrons. The lowest BCUT2D eigenvalue weighted by molar-refractivity contribution is -0.133. The van der Waals surface area contributed by atoms with Gasteiger partial charge in [-0.05, 0) is 30.2 Å². The fourth-order valence-corrected chi connectivity index (χ4v) is 5.01. The molecule has 1 saturated heterocycles. The van der Waals surface area contributed by atoms with Gasteiger partial charge in [0.2, 0.25) is 5.91 Å². The van der Waals surface area contributed by atoms with Crippen LogP contribution in [0.15, 0.2) is 95.9 Å². The molecule has 0 bridgehead atoms. The van der Waals surface area contributed by atoms with E-state index in [4.69, 9.17) is 4.42 Å². The van der Waals surface area contributed by atoms with Crippen LogP contribution in [0.3, 0.4) is 0 Å². The van der Waals surface area contributed by atoms with Gasteiger partial charge in [-0.15, -0.1) is 0 Å². The van der Waals surface area contributed by atoms with Crippen molar-refractivity contribution in [3.8, 4) is 0 Å². The first-order valence-corrected chi connectivity index (χ1v) is 13.3. The number of aryl methyl sites for hydroxylation is 1.